The van der Waals surface area contributed by atoms with Crippen LogP contribution in [0.2, 0.25) is 5.02 Å². The maximum Gasteiger partial charge on any atom is 0.418 e. The van der Waals surface area contributed by atoms with Crippen molar-refractivity contribution in [2.24, 2.45) is 0 Å². The van der Waals surface area contributed by atoms with Gasteiger partial charge in [0.25, 0.3) is 11.4 Å². The van der Waals surface area contributed by atoms with E-state index >= 15 is 0 Å². The van der Waals surface area contributed by atoms with E-state index in [0.717, 1.165) is 0 Å². The molecule has 1 N–H and O–H groups in total. The molecule has 26 heavy (non-hydrogen) atoms. The second-order valence-corrected chi connectivity index (χ2v) is 6.86. The summed E-state index contributed by atoms with van der Waals surface area (Å²) in [6.45, 7) is 0. The van der Waals surface area contributed by atoms with Crippen LogP contribution >= 0.6 is 43.5 Å². The van der Waals surface area contributed by atoms with Crippen LogP contribution in [0.25, 0.3) is 0 Å². The summed E-state index contributed by atoms with van der Waals surface area (Å²) in [6.07, 6.45) is -5.08. The molecule has 0 amide bonds. The van der Waals surface area contributed by atoms with Gasteiger partial charge in [-0.3, -0.25) is 20.2 Å². The van der Waals surface area contributed by atoms with Crippen molar-refractivity contribution in [1.82, 2.24) is 0 Å². The summed E-state index contributed by atoms with van der Waals surface area (Å²) in [5.74, 6) is 0. The lowest BCUT2D eigenvalue weighted by molar-refractivity contribution is -0.394. The molecular formula is C13H5Br2ClF3N3O4. The summed E-state index contributed by atoms with van der Waals surface area (Å²) in [5, 5.41) is 24.5. The molecule has 13 heteroatoms. The summed E-state index contributed by atoms with van der Waals surface area (Å²) < 4.78 is 40.7. The second kappa shape index (κ2) is 7.37. The molecule has 0 atom stereocenters. The van der Waals surface area contributed by atoms with Gasteiger partial charge in [0.15, 0.2) is 0 Å². The number of nitro benzene ring substituents is 2. The van der Waals surface area contributed by atoms with E-state index in [-0.39, 0.29) is 21.2 Å². The Morgan fingerprint density at radius 2 is 1.65 bits per heavy atom. The first-order valence-electron chi connectivity index (χ1n) is 6.37. The van der Waals surface area contributed by atoms with Crippen molar-refractivity contribution in [1.29, 1.82) is 0 Å². The number of hydrogen-bond donors (Lipinski definition) is 1. The van der Waals surface area contributed by atoms with Gasteiger partial charge in [-0.25, -0.2) is 0 Å². The summed E-state index contributed by atoms with van der Waals surface area (Å²) in [4.78, 5) is 19.8. The Hall–Kier alpha value is -1.92. The van der Waals surface area contributed by atoms with Crippen LogP contribution in [0.5, 0.6) is 0 Å². The van der Waals surface area contributed by atoms with E-state index in [2.05, 4.69) is 37.2 Å². The van der Waals surface area contributed by atoms with Crippen LogP contribution in [0.4, 0.5) is 35.9 Å². The molecule has 2 aromatic carbocycles. The Morgan fingerprint density at radius 3 is 2.15 bits per heavy atom. The molecular weight excluding hydrogens is 514 g/mol. The van der Waals surface area contributed by atoms with Gasteiger partial charge in [0.05, 0.1) is 31.6 Å². The van der Waals surface area contributed by atoms with Crippen molar-refractivity contribution >= 4 is 66.2 Å². The molecule has 0 fully saturated rings. The van der Waals surface area contributed by atoms with Crippen molar-refractivity contribution in [2.45, 2.75) is 6.18 Å². The Morgan fingerprint density at radius 1 is 1.04 bits per heavy atom. The first-order chi connectivity index (χ1) is 11.9. The van der Waals surface area contributed by atoms with E-state index < -0.39 is 38.6 Å². The smallest absolute Gasteiger partial charge is 0.348 e. The first-order valence-corrected chi connectivity index (χ1v) is 8.33. The highest BCUT2D eigenvalue weighted by atomic mass is 79.9. The van der Waals surface area contributed by atoms with Crippen LogP contribution in [-0.2, 0) is 6.18 Å². The zero-order valence-electron chi connectivity index (χ0n) is 12.1. The highest BCUT2D eigenvalue weighted by Gasteiger charge is 2.39. The Bertz CT molecular complexity index is 924. The van der Waals surface area contributed by atoms with Gasteiger partial charge in [0.1, 0.15) is 5.69 Å². The molecule has 0 aliphatic heterocycles. The van der Waals surface area contributed by atoms with Crippen molar-refractivity contribution in [3.63, 3.8) is 0 Å². The van der Waals surface area contributed by atoms with E-state index in [1.807, 2.05) is 0 Å². The molecule has 0 aromatic heterocycles. The lowest BCUT2D eigenvalue weighted by Crippen LogP contribution is -2.12. The predicted molar refractivity (Wildman–Crippen MR) is 94.9 cm³/mol. The number of hydrogen-bond acceptors (Lipinski definition) is 5. The van der Waals surface area contributed by atoms with Crippen molar-refractivity contribution in [3.8, 4) is 0 Å². The number of nitro groups is 2. The van der Waals surface area contributed by atoms with Crippen LogP contribution < -0.4 is 5.32 Å². The van der Waals surface area contributed by atoms with E-state index in [1.54, 1.807) is 0 Å². The van der Waals surface area contributed by atoms with Gasteiger partial charge < -0.3 is 5.32 Å². The first kappa shape index (κ1) is 20.4. The zero-order chi connectivity index (χ0) is 19.8. The van der Waals surface area contributed by atoms with Gasteiger partial charge in [-0.1, -0.05) is 11.6 Å². The van der Waals surface area contributed by atoms with E-state index in [1.165, 1.54) is 12.1 Å². The van der Waals surface area contributed by atoms with Crippen molar-refractivity contribution in [3.05, 3.63) is 64.0 Å². The summed E-state index contributed by atoms with van der Waals surface area (Å²) in [7, 11) is 0. The molecule has 138 valence electrons. The maximum atomic E-state index is 13.4. The van der Waals surface area contributed by atoms with Gasteiger partial charge >= 0.3 is 6.18 Å². The lowest BCUT2D eigenvalue weighted by atomic mass is 10.1. The molecule has 0 aliphatic rings. The quantitative estimate of drug-likeness (QED) is 0.285. The Labute approximate surface area is 164 Å². The molecule has 0 saturated heterocycles. The molecule has 0 bridgehead atoms. The van der Waals surface area contributed by atoms with Crippen LogP contribution in [0.1, 0.15) is 5.56 Å². The van der Waals surface area contributed by atoms with E-state index in [9.17, 15) is 33.4 Å². The molecule has 2 aromatic rings. The van der Waals surface area contributed by atoms with Crippen molar-refractivity contribution < 1.29 is 23.0 Å². The number of nitrogens with zero attached hydrogens (tertiary/aromatic N) is 2. The third-order valence-electron chi connectivity index (χ3n) is 3.07. The van der Waals surface area contributed by atoms with Crippen LogP contribution in [0.15, 0.2) is 33.2 Å². The van der Waals surface area contributed by atoms with Gasteiger partial charge in [-0.05, 0) is 44.0 Å². The predicted octanol–water partition coefficient (Wildman–Crippen LogP) is 6.44. The number of halogens is 6. The molecule has 0 heterocycles. The average Bonchev–Trinajstić information content (AvgIpc) is 2.50. The van der Waals surface area contributed by atoms with E-state index in [4.69, 9.17) is 11.6 Å². The van der Waals surface area contributed by atoms with Crippen LogP contribution in [0, 0.1) is 20.2 Å². The van der Waals surface area contributed by atoms with Crippen molar-refractivity contribution in [2.75, 3.05) is 5.32 Å². The molecule has 0 unspecified atom stereocenters. The van der Waals surface area contributed by atoms with Gasteiger partial charge in [-0.2, -0.15) is 13.2 Å². The summed E-state index contributed by atoms with van der Waals surface area (Å²) in [5.41, 5.74) is -4.66. The third-order valence-corrected chi connectivity index (χ3v) is 5.30. The van der Waals surface area contributed by atoms with Gasteiger partial charge in [0, 0.05) is 15.6 Å². The third kappa shape index (κ3) is 4.24. The van der Waals surface area contributed by atoms with Gasteiger partial charge in [-0.15, -0.1) is 0 Å². The number of benzene rings is 2. The zero-order valence-corrected chi connectivity index (χ0v) is 16.0. The fourth-order valence-electron chi connectivity index (χ4n) is 2.00. The minimum atomic E-state index is -5.08. The minimum Gasteiger partial charge on any atom is -0.348 e. The largest absolute Gasteiger partial charge is 0.418 e. The normalized spacial score (nSPS) is 11.3. The number of nitrogens with one attached hydrogen (secondary N) is 1. The Kier molecular flexibility index (Phi) is 5.78. The lowest BCUT2D eigenvalue weighted by Gasteiger charge is -2.16. The molecule has 0 radical (unpaired) electrons. The number of alkyl halides is 3. The SMILES string of the molecule is O=[N+]([O-])c1cc([N+](=O)[O-])c(Nc2cc(Cl)cc(Br)c2Br)c(C(F)(F)F)c1. The Balaban J connectivity index is 2.78. The number of anilines is 2. The van der Waals surface area contributed by atoms with Crippen LogP contribution in [0.3, 0.4) is 0 Å². The highest BCUT2D eigenvalue weighted by molar-refractivity contribution is 9.13. The maximum absolute atomic E-state index is 13.4. The molecule has 0 aliphatic carbocycles. The molecule has 0 saturated carbocycles. The summed E-state index contributed by atoms with van der Waals surface area (Å²) in [6, 6.07) is 3.36. The molecule has 2 rings (SSSR count). The minimum absolute atomic E-state index is 0.00757. The monoisotopic (exact) mass is 517 g/mol. The summed E-state index contributed by atoms with van der Waals surface area (Å²) >= 11 is 12.1. The number of rotatable bonds is 4. The highest BCUT2D eigenvalue weighted by Crippen LogP contribution is 2.45. The van der Waals surface area contributed by atoms with Gasteiger partial charge in [0.2, 0.25) is 0 Å². The average molecular weight is 519 g/mol. The standard InChI is InChI=1S/C13H5Br2ClF3N3O4/c14-8-1-5(16)2-9(11(8)15)20-12-7(13(17,18)19)3-6(21(23)24)4-10(12)22(25)26/h1-4,20H. The van der Waals surface area contributed by atoms with Crippen LogP contribution in [-0.4, -0.2) is 9.85 Å². The molecule has 7 nitrogen and oxygen atoms in total. The second-order valence-electron chi connectivity index (χ2n) is 4.77. The van der Waals surface area contributed by atoms with E-state index in [0.29, 0.717) is 10.5 Å². The fraction of sp³-hybridized carbons (Fsp3) is 0.0769. The molecule has 0 spiro atoms. The fourth-order valence-corrected chi connectivity index (χ4v) is 3.14. The topological polar surface area (TPSA) is 98.3 Å². The number of non-ortho nitro benzene ring substituents is 1.